The van der Waals surface area contributed by atoms with Crippen LogP contribution in [0.2, 0.25) is 0 Å². The van der Waals surface area contributed by atoms with Gasteiger partial charge in [0, 0.05) is 29.8 Å². The van der Waals surface area contributed by atoms with Crippen LogP contribution in [0.3, 0.4) is 0 Å². The maximum Gasteiger partial charge on any atom is 0.119 e. The van der Waals surface area contributed by atoms with Crippen LogP contribution in [0.4, 0.5) is 5.69 Å². The zero-order valence-electron chi connectivity index (χ0n) is 16.9. The second kappa shape index (κ2) is 9.52. The predicted molar refractivity (Wildman–Crippen MR) is 114 cm³/mol. The Morgan fingerprint density at radius 3 is 2.70 bits per heavy atom. The van der Waals surface area contributed by atoms with Crippen LogP contribution in [0.15, 0.2) is 18.2 Å². The molecule has 0 aromatic heterocycles. The van der Waals surface area contributed by atoms with Crippen LogP contribution in [-0.2, 0) is 4.74 Å². The van der Waals surface area contributed by atoms with Crippen LogP contribution in [0.1, 0.15) is 76.9 Å². The first-order valence-corrected chi connectivity index (χ1v) is 10.9. The van der Waals surface area contributed by atoms with Crippen molar-refractivity contribution in [2.24, 2.45) is 17.8 Å². The number of nitrogens with one attached hydrogen (secondary N) is 1. The highest BCUT2D eigenvalue weighted by Gasteiger charge is 2.42. The molecular formula is C23H36ClNO2. The van der Waals surface area contributed by atoms with E-state index >= 15 is 0 Å². The summed E-state index contributed by atoms with van der Waals surface area (Å²) in [5.74, 6) is 3.10. The van der Waals surface area contributed by atoms with Crippen LogP contribution < -0.4 is 10.1 Å². The summed E-state index contributed by atoms with van der Waals surface area (Å²) in [5.41, 5.74) is 2.60. The highest BCUT2D eigenvalue weighted by atomic mass is 35.5. The van der Waals surface area contributed by atoms with Gasteiger partial charge in [-0.05, 0) is 62.1 Å². The summed E-state index contributed by atoms with van der Waals surface area (Å²) >= 11 is 0. The molecule has 0 spiro atoms. The molecule has 2 aliphatic heterocycles. The summed E-state index contributed by atoms with van der Waals surface area (Å²) < 4.78 is 12.4. The predicted octanol–water partition coefficient (Wildman–Crippen LogP) is 6.38. The number of hydrogen-bond donors (Lipinski definition) is 1. The Bertz CT molecular complexity index is 600. The Morgan fingerprint density at radius 1 is 1.11 bits per heavy atom. The van der Waals surface area contributed by atoms with Crippen molar-refractivity contribution in [1.82, 2.24) is 0 Å². The molecule has 1 saturated heterocycles. The minimum Gasteiger partial charge on any atom is -0.494 e. The van der Waals surface area contributed by atoms with E-state index in [0.29, 0.717) is 17.9 Å². The topological polar surface area (TPSA) is 30.5 Å². The normalized spacial score (nSPS) is 27.9. The van der Waals surface area contributed by atoms with Gasteiger partial charge in [-0.25, -0.2) is 0 Å². The Hall–Kier alpha value is -0.930. The number of ether oxygens (including phenoxy) is 2. The fourth-order valence-corrected chi connectivity index (χ4v) is 5.15. The zero-order chi connectivity index (χ0) is 17.9. The van der Waals surface area contributed by atoms with Gasteiger partial charge in [0.25, 0.3) is 0 Å². The molecule has 1 aromatic carbocycles. The van der Waals surface area contributed by atoms with Crippen molar-refractivity contribution in [3.05, 3.63) is 23.8 Å². The highest BCUT2D eigenvalue weighted by Crippen LogP contribution is 2.48. The van der Waals surface area contributed by atoms with Crippen molar-refractivity contribution in [2.75, 3.05) is 18.5 Å². The van der Waals surface area contributed by atoms with E-state index in [0.717, 1.165) is 31.3 Å². The van der Waals surface area contributed by atoms with Crippen molar-refractivity contribution >= 4 is 18.1 Å². The second-order valence-electron chi connectivity index (χ2n) is 8.95. The van der Waals surface area contributed by atoms with Crippen LogP contribution in [0.5, 0.6) is 5.75 Å². The lowest BCUT2D eigenvalue weighted by Gasteiger charge is -2.47. The second-order valence-corrected chi connectivity index (χ2v) is 8.95. The number of hydrogen-bond acceptors (Lipinski definition) is 3. The monoisotopic (exact) mass is 393 g/mol. The fourth-order valence-electron chi connectivity index (χ4n) is 5.15. The molecule has 1 aromatic rings. The molecule has 152 valence electrons. The third-order valence-electron chi connectivity index (χ3n) is 6.60. The molecule has 1 N–H and O–H groups in total. The van der Waals surface area contributed by atoms with Crippen molar-refractivity contribution in [3.63, 3.8) is 0 Å². The average molecular weight is 394 g/mol. The fraction of sp³-hybridized carbons (Fsp3) is 0.739. The van der Waals surface area contributed by atoms with Gasteiger partial charge in [0.2, 0.25) is 0 Å². The van der Waals surface area contributed by atoms with E-state index in [1.165, 1.54) is 56.2 Å². The smallest absolute Gasteiger partial charge is 0.119 e. The molecule has 27 heavy (non-hydrogen) atoms. The van der Waals surface area contributed by atoms with Crippen molar-refractivity contribution in [2.45, 2.75) is 77.4 Å². The molecule has 3 aliphatic rings. The van der Waals surface area contributed by atoms with Crippen LogP contribution in [0.25, 0.3) is 0 Å². The van der Waals surface area contributed by atoms with Crippen LogP contribution in [-0.4, -0.2) is 19.3 Å². The van der Waals surface area contributed by atoms with Crippen molar-refractivity contribution in [3.8, 4) is 5.75 Å². The van der Waals surface area contributed by atoms with Gasteiger partial charge < -0.3 is 14.8 Å². The van der Waals surface area contributed by atoms with Gasteiger partial charge in [-0.15, -0.1) is 12.4 Å². The van der Waals surface area contributed by atoms with E-state index in [9.17, 15) is 0 Å². The van der Waals surface area contributed by atoms with Crippen LogP contribution >= 0.6 is 12.4 Å². The summed E-state index contributed by atoms with van der Waals surface area (Å²) in [4.78, 5) is 0. The first-order chi connectivity index (χ1) is 12.7. The molecule has 1 aliphatic carbocycles. The van der Waals surface area contributed by atoms with Gasteiger partial charge in [0.05, 0.1) is 12.7 Å². The largest absolute Gasteiger partial charge is 0.494 e. The van der Waals surface area contributed by atoms with E-state index in [4.69, 9.17) is 9.47 Å². The number of halogens is 1. The van der Waals surface area contributed by atoms with Crippen molar-refractivity contribution in [1.29, 1.82) is 0 Å². The molecule has 4 rings (SSSR count). The van der Waals surface area contributed by atoms with Crippen LogP contribution in [0, 0.1) is 17.8 Å². The highest BCUT2D eigenvalue weighted by molar-refractivity contribution is 5.85. The molecule has 2 heterocycles. The Morgan fingerprint density at radius 2 is 1.93 bits per heavy atom. The standard InChI is InChI=1S/C23H35NO2.ClH/c1-16(2)12-14-25-18-10-11-21-20(15-18)23-19(9-6-13-26-23)22(24-21)17-7-4-3-5-8-17;/h10-11,15-17,19,22-24H,3-9,12-14H2,1-2H3;1H/t19-,22+,23-;/m0./s1. The molecule has 2 fully saturated rings. The third-order valence-corrected chi connectivity index (χ3v) is 6.60. The summed E-state index contributed by atoms with van der Waals surface area (Å²) in [6.07, 6.45) is 10.8. The summed E-state index contributed by atoms with van der Waals surface area (Å²) in [6.45, 7) is 6.18. The maximum atomic E-state index is 6.33. The minimum absolute atomic E-state index is 0. The lowest BCUT2D eigenvalue weighted by atomic mass is 9.71. The van der Waals surface area contributed by atoms with E-state index in [1.807, 2.05) is 0 Å². The number of anilines is 1. The molecule has 4 heteroatoms. The van der Waals surface area contributed by atoms with Gasteiger partial charge in [-0.1, -0.05) is 33.1 Å². The van der Waals surface area contributed by atoms with Gasteiger partial charge in [-0.2, -0.15) is 0 Å². The summed E-state index contributed by atoms with van der Waals surface area (Å²) in [7, 11) is 0. The van der Waals surface area contributed by atoms with Gasteiger partial charge >= 0.3 is 0 Å². The Labute approximate surface area is 171 Å². The number of benzene rings is 1. The molecule has 0 radical (unpaired) electrons. The van der Waals surface area contributed by atoms with Gasteiger partial charge in [0.15, 0.2) is 0 Å². The first-order valence-electron chi connectivity index (χ1n) is 10.9. The molecule has 0 amide bonds. The molecule has 3 nitrogen and oxygen atoms in total. The van der Waals surface area contributed by atoms with Gasteiger partial charge in [0.1, 0.15) is 5.75 Å². The lowest BCUT2D eigenvalue weighted by molar-refractivity contribution is -0.0459. The van der Waals surface area contributed by atoms with E-state index in [1.54, 1.807) is 0 Å². The number of fused-ring (bicyclic) bond motifs is 3. The van der Waals surface area contributed by atoms with E-state index in [-0.39, 0.29) is 18.5 Å². The summed E-state index contributed by atoms with van der Waals surface area (Å²) in [6, 6.07) is 7.18. The quantitative estimate of drug-likeness (QED) is 0.629. The lowest BCUT2D eigenvalue weighted by Crippen LogP contribution is -2.46. The summed E-state index contributed by atoms with van der Waals surface area (Å²) in [5, 5.41) is 3.93. The molecule has 3 atom stereocenters. The first kappa shape index (κ1) is 20.8. The molecule has 1 saturated carbocycles. The SMILES string of the molecule is CC(C)CCOc1ccc2c(c1)[C@H]1OCCC[C@H]1[C@@H](C1CCCCC1)N2.Cl. The Kier molecular flexibility index (Phi) is 7.33. The molecule has 0 bridgehead atoms. The zero-order valence-corrected chi connectivity index (χ0v) is 17.7. The number of rotatable bonds is 5. The third kappa shape index (κ3) is 4.74. The minimum atomic E-state index is 0. The molecule has 0 unspecified atom stereocenters. The van der Waals surface area contributed by atoms with E-state index in [2.05, 4.69) is 37.4 Å². The van der Waals surface area contributed by atoms with Crippen molar-refractivity contribution < 1.29 is 9.47 Å². The molecular weight excluding hydrogens is 358 g/mol. The Balaban J connectivity index is 0.00000210. The maximum absolute atomic E-state index is 6.33. The average Bonchev–Trinajstić information content (AvgIpc) is 2.68. The van der Waals surface area contributed by atoms with E-state index < -0.39 is 0 Å². The van der Waals surface area contributed by atoms with Gasteiger partial charge in [-0.3, -0.25) is 0 Å².